The molecule has 1 heterocycles. The smallest absolute Gasteiger partial charge is 0.245 e. The van der Waals surface area contributed by atoms with E-state index in [9.17, 15) is 22.8 Å². The Balaban J connectivity index is 1.59. The highest BCUT2D eigenvalue weighted by Crippen LogP contribution is 2.22. The third-order valence-corrected chi connectivity index (χ3v) is 5.45. The summed E-state index contributed by atoms with van der Waals surface area (Å²) in [5.41, 5.74) is 5.87. The van der Waals surface area contributed by atoms with Crippen LogP contribution in [0.1, 0.15) is 37.7 Å². The minimum atomic E-state index is -1.28. The average molecular weight is 413 g/mol. The van der Waals surface area contributed by atoms with Gasteiger partial charge in [0.05, 0.1) is 12.7 Å². The molecule has 2 aliphatic rings. The van der Waals surface area contributed by atoms with Crippen molar-refractivity contribution in [3.63, 3.8) is 0 Å². The van der Waals surface area contributed by atoms with E-state index in [1.165, 1.54) is 4.90 Å². The van der Waals surface area contributed by atoms with Crippen molar-refractivity contribution >= 4 is 11.8 Å². The normalized spacial score (nSPS) is 21.3. The number of carbonyl (C=O) groups excluding carboxylic acids is 2. The van der Waals surface area contributed by atoms with Crippen LogP contribution in [0.3, 0.4) is 0 Å². The lowest BCUT2D eigenvalue weighted by atomic mass is 10.0. The van der Waals surface area contributed by atoms with Crippen LogP contribution < -0.4 is 11.1 Å². The Kier molecular flexibility index (Phi) is 7.13. The van der Waals surface area contributed by atoms with Gasteiger partial charge in [-0.2, -0.15) is 0 Å². The van der Waals surface area contributed by atoms with Crippen molar-refractivity contribution in [2.75, 3.05) is 19.7 Å². The number of carbonyl (C=O) groups is 2. The summed E-state index contributed by atoms with van der Waals surface area (Å²) in [5.74, 6) is -3.98. The van der Waals surface area contributed by atoms with E-state index in [1.807, 2.05) is 0 Å². The molecule has 160 valence electrons. The van der Waals surface area contributed by atoms with E-state index in [-0.39, 0.29) is 42.9 Å². The predicted molar refractivity (Wildman–Crippen MR) is 99.3 cm³/mol. The molecule has 1 aliphatic carbocycles. The van der Waals surface area contributed by atoms with Gasteiger partial charge in [0.1, 0.15) is 11.9 Å². The Hall–Kier alpha value is -2.13. The highest BCUT2D eigenvalue weighted by Gasteiger charge is 2.34. The van der Waals surface area contributed by atoms with E-state index in [4.69, 9.17) is 10.5 Å². The number of amides is 2. The third kappa shape index (κ3) is 5.48. The number of hydrogen-bond donors (Lipinski definition) is 2. The zero-order valence-electron chi connectivity index (χ0n) is 16.1. The van der Waals surface area contributed by atoms with Gasteiger partial charge in [0.15, 0.2) is 11.6 Å². The Morgan fingerprint density at radius 1 is 1.21 bits per heavy atom. The largest absolute Gasteiger partial charge is 0.376 e. The van der Waals surface area contributed by atoms with Gasteiger partial charge in [-0.25, -0.2) is 13.2 Å². The van der Waals surface area contributed by atoms with Gasteiger partial charge in [-0.1, -0.05) is 12.8 Å². The van der Waals surface area contributed by atoms with Crippen LogP contribution in [0.15, 0.2) is 12.1 Å². The number of halogens is 3. The maximum Gasteiger partial charge on any atom is 0.245 e. The van der Waals surface area contributed by atoms with Gasteiger partial charge in [-0.15, -0.1) is 0 Å². The number of benzene rings is 1. The van der Waals surface area contributed by atoms with Crippen LogP contribution in [0.25, 0.3) is 0 Å². The zero-order chi connectivity index (χ0) is 21.0. The summed E-state index contributed by atoms with van der Waals surface area (Å²) < 4.78 is 46.1. The lowest BCUT2D eigenvalue weighted by molar-refractivity contribution is -0.147. The molecule has 9 heteroatoms. The first-order valence-electron chi connectivity index (χ1n) is 9.93. The molecule has 1 unspecified atom stereocenters. The van der Waals surface area contributed by atoms with Crippen molar-refractivity contribution in [1.82, 2.24) is 10.2 Å². The summed E-state index contributed by atoms with van der Waals surface area (Å²) in [7, 11) is 0. The molecule has 0 aromatic heterocycles. The molecular weight excluding hydrogens is 387 g/mol. The van der Waals surface area contributed by atoms with E-state index in [0.29, 0.717) is 19.2 Å². The predicted octanol–water partition coefficient (Wildman–Crippen LogP) is 1.65. The first kappa shape index (κ1) is 21.6. The quantitative estimate of drug-likeness (QED) is 0.666. The number of hydrogen-bond acceptors (Lipinski definition) is 4. The summed E-state index contributed by atoms with van der Waals surface area (Å²) in [6.45, 7) is 0.780. The number of nitrogens with two attached hydrogens (primary N) is 1. The van der Waals surface area contributed by atoms with Crippen LogP contribution in [-0.4, -0.2) is 54.6 Å². The second-order valence-electron chi connectivity index (χ2n) is 7.66. The second kappa shape index (κ2) is 9.58. The fourth-order valence-electron chi connectivity index (χ4n) is 3.88. The van der Waals surface area contributed by atoms with Crippen LogP contribution in [0, 0.1) is 17.5 Å². The van der Waals surface area contributed by atoms with Gasteiger partial charge < -0.3 is 20.7 Å². The van der Waals surface area contributed by atoms with Crippen molar-refractivity contribution in [3.05, 3.63) is 35.1 Å². The Morgan fingerprint density at radius 2 is 1.90 bits per heavy atom. The van der Waals surface area contributed by atoms with Crippen molar-refractivity contribution in [2.24, 2.45) is 5.73 Å². The van der Waals surface area contributed by atoms with Crippen LogP contribution >= 0.6 is 0 Å². The van der Waals surface area contributed by atoms with Crippen LogP contribution in [0.5, 0.6) is 0 Å². The van der Waals surface area contributed by atoms with Gasteiger partial charge in [0.2, 0.25) is 11.8 Å². The molecule has 1 saturated carbocycles. The van der Waals surface area contributed by atoms with Gasteiger partial charge in [-0.3, -0.25) is 9.59 Å². The summed E-state index contributed by atoms with van der Waals surface area (Å²) in [5, 5.41) is 2.73. The van der Waals surface area contributed by atoms with E-state index in [0.717, 1.165) is 31.7 Å². The van der Waals surface area contributed by atoms with Crippen molar-refractivity contribution < 1.29 is 27.5 Å². The summed E-state index contributed by atoms with van der Waals surface area (Å²) >= 11 is 0. The Morgan fingerprint density at radius 3 is 2.62 bits per heavy atom. The fourth-order valence-corrected chi connectivity index (χ4v) is 3.88. The van der Waals surface area contributed by atoms with E-state index in [2.05, 4.69) is 5.32 Å². The van der Waals surface area contributed by atoms with Gasteiger partial charge in [0, 0.05) is 31.6 Å². The van der Waals surface area contributed by atoms with Crippen molar-refractivity contribution in [2.45, 2.75) is 56.7 Å². The Bertz CT molecular complexity index is 756. The first-order chi connectivity index (χ1) is 13.8. The fraction of sp³-hybridized carbons (Fsp3) is 0.600. The maximum absolute atomic E-state index is 13.8. The monoisotopic (exact) mass is 413 g/mol. The molecule has 1 saturated heterocycles. The Labute approximate surface area is 167 Å². The molecule has 2 fully saturated rings. The van der Waals surface area contributed by atoms with Crippen LogP contribution in [-0.2, 0) is 20.7 Å². The molecule has 0 radical (unpaired) electrons. The number of rotatable bonds is 7. The molecule has 0 spiro atoms. The summed E-state index contributed by atoms with van der Waals surface area (Å²) in [6, 6.07) is -0.320. The summed E-state index contributed by atoms with van der Waals surface area (Å²) in [6.07, 6.45) is 3.93. The number of piperazine rings is 1. The SMILES string of the molecule is NC(CC(=O)N1CCNC(=O)[C@H]1COC1CCCC1)Cc1cc(F)c(F)cc1F. The number of ether oxygens (including phenoxy) is 1. The molecule has 3 rings (SSSR count). The van der Waals surface area contributed by atoms with E-state index in [1.54, 1.807) is 0 Å². The second-order valence-corrected chi connectivity index (χ2v) is 7.66. The third-order valence-electron chi connectivity index (χ3n) is 5.45. The summed E-state index contributed by atoms with van der Waals surface area (Å²) in [4.78, 5) is 26.4. The van der Waals surface area contributed by atoms with Crippen molar-refractivity contribution in [1.29, 1.82) is 0 Å². The van der Waals surface area contributed by atoms with Crippen LogP contribution in [0.4, 0.5) is 13.2 Å². The molecule has 1 aromatic carbocycles. The molecule has 3 N–H and O–H groups in total. The highest BCUT2D eigenvalue weighted by atomic mass is 19.2. The lowest BCUT2D eigenvalue weighted by Crippen LogP contribution is -2.59. The van der Waals surface area contributed by atoms with Gasteiger partial charge >= 0.3 is 0 Å². The topological polar surface area (TPSA) is 84.7 Å². The zero-order valence-corrected chi connectivity index (χ0v) is 16.1. The molecular formula is C20H26F3N3O3. The van der Waals surface area contributed by atoms with E-state index >= 15 is 0 Å². The average Bonchev–Trinajstić information content (AvgIpc) is 3.18. The molecule has 2 amide bonds. The van der Waals surface area contributed by atoms with Crippen molar-refractivity contribution in [3.8, 4) is 0 Å². The van der Waals surface area contributed by atoms with Crippen LogP contribution in [0.2, 0.25) is 0 Å². The van der Waals surface area contributed by atoms with Gasteiger partial charge in [0.25, 0.3) is 0 Å². The molecule has 2 atom stereocenters. The molecule has 29 heavy (non-hydrogen) atoms. The minimum Gasteiger partial charge on any atom is -0.376 e. The van der Waals surface area contributed by atoms with Gasteiger partial charge in [-0.05, 0) is 30.9 Å². The maximum atomic E-state index is 13.8. The minimum absolute atomic E-state index is 0.0956. The highest BCUT2D eigenvalue weighted by molar-refractivity contribution is 5.89. The number of nitrogens with zero attached hydrogens (tertiary/aromatic N) is 1. The first-order valence-corrected chi connectivity index (χ1v) is 9.93. The molecule has 0 bridgehead atoms. The molecule has 6 nitrogen and oxygen atoms in total. The lowest BCUT2D eigenvalue weighted by Gasteiger charge is -2.36. The number of nitrogens with one attached hydrogen (secondary N) is 1. The molecule has 1 aromatic rings. The standard InChI is InChI=1S/C20H26F3N3O3/c21-15-10-17(23)16(22)8-12(15)7-13(24)9-19(27)26-6-5-25-20(28)18(26)11-29-14-3-1-2-4-14/h8,10,13-14,18H,1-7,9,11,24H2,(H,25,28)/t13?,18-/m1/s1. The molecule has 1 aliphatic heterocycles. The van der Waals surface area contributed by atoms with E-state index < -0.39 is 29.5 Å².